The number of hydrogen-bond acceptors (Lipinski definition) is 3. The van der Waals surface area contributed by atoms with E-state index >= 15 is 0 Å². The van der Waals surface area contributed by atoms with Crippen LogP contribution in [0.2, 0.25) is 0 Å². The van der Waals surface area contributed by atoms with E-state index in [1.807, 2.05) is 7.05 Å². The Kier molecular flexibility index (Phi) is 11.1. The first-order valence-corrected chi connectivity index (χ1v) is 9.56. The fraction of sp³-hybridized carbons (Fsp3) is 0.833. The number of aryl methyl sites for hydroxylation is 1. The molecule has 1 aromatic heterocycles. The Hall–Kier alpha value is -0.860. The highest BCUT2D eigenvalue weighted by atomic mass is 127. The molecule has 1 unspecified atom stereocenters. The lowest BCUT2D eigenvalue weighted by molar-refractivity contribution is 0.322. The topological polar surface area (TPSA) is 67.1 Å². The third-order valence-electron chi connectivity index (χ3n) is 5.00. The number of aromatic nitrogens is 3. The Labute approximate surface area is 169 Å². The van der Waals surface area contributed by atoms with Crippen LogP contribution >= 0.6 is 24.0 Å². The average Bonchev–Trinajstić information content (AvgIpc) is 3.07. The minimum absolute atomic E-state index is 0. The first-order chi connectivity index (χ1) is 11.7. The molecule has 25 heavy (non-hydrogen) atoms. The van der Waals surface area contributed by atoms with Gasteiger partial charge in [0.15, 0.2) is 5.96 Å². The van der Waals surface area contributed by atoms with Crippen molar-refractivity contribution in [3.05, 3.63) is 12.2 Å². The van der Waals surface area contributed by atoms with Crippen LogP contribution in [0, 0.1) is 5.92 Å². The first-order valence-electron chi connectivity index (χ1n) is 9.56. The summed E-state index contributed by atoms with van der Waals surface area (Å²) in [6, 6.07) is 0.458. The van der Waals surface area contributed by atoms with Gasteiger partial charge in [-0.15, -0.1) is 34.2 Å². The minimum Gasteiger partial charge on any atom is -0.355 e. The van der Waals surface area contributed by atoms with Crippen LogP contribution in [-0.2, 0) is 13.0 Å². The van der Waals surface area contributed by atoms with Gasteiger partial charge in [0.2, 0.25) is 0 Å². The summed E-state index contributed by atoms with van der Waals surface area (Å²) in [6.07, 6.45) is 12.4. The van der Waals surface area contributed by atoms with Gasteiger partial charge in [-0.1, -0.05) is 39.0 Å². The van der Waals surface area contributed by atoms with Gasteiger partial charge in [-0.3, -0.25) is 4.99 Å². The lowest BCUT2D eigenvalue weighted by Gasteiger charge is -2.24. The zero-order valence-electron chi connectivity index (χ0n) is 16.0. The van der Waals surface area contributed by atoms with Crippen LogP contribution < -0.4 is 10.6 Å². The van der Waals surface area contributed by atoms with E-state index in [0.717, 1.165) is 37.2 Å². The standard InChI is InChI=1S/C18H34N6.HI/c1-4-17-23-21-14-24(17)13-12-20-18(19-3)22-15(2)10-11-16-8-6-5-7-9-16;/h14-16H,4-13H2,1-3H3,(H2,19,20,22);1H. The molecular weight excluding hydrogens is 427 g/mol. The summed E-state index contributed by atoms with van der Waals surface area (Å²) in [6.45, 7) is 6.03. The van der Waals surface area contributed by atoms with Gasteiger partial charge >= 0.3 is 0 Å². The predicted octanol–water partition coefficient (Wildman–Crippen LogP) is 3.37. The summed E-state index contributed by atoms with van der Waals surface area (Å²) in [4.78, 5) is 4.34. The van der Waals surface area contributed by atoms with Crippen molar-refractivity contribution in [3.8, 4) is 0 Å². The van der Waals surface area contributed by atoms with Crippen molar-refractivity contribution in [1.82, 2.24) is 25.4 Å². The second-order valence-corrected chi connectivity index (χ2v) is 6.92. The Bertz CT molecular complexity index is 496. The maximum Gasteiger partial charge on any atom is 0.191 e. The zero-order chi connectivity index (χ0) is 17.2. The molecule has 0 spiro atoms. The van der Waals surface area contributed by atoms with E-state index in [1.54, 1.807) is 6.33 Å². The molecular formula is C18H35IN6. The molecule has 0 bridgehead atoms. The van der Waals surface area contributed by atoms with Crippen LogP contribution in [0.25, 0.3) is 0 Å². The molecule has 6 nitrogen and oxygen atoms in total. The molecule has 1 atom stereocenters. The molecule has 0 saturated heterocycles. The third kappa shape index (κ3) is 7.92. The van der Waals surface area contributed by atoms with Crippen molar-refractivity contribution in [3.63, 3.8) is 0 Å². The van der Waals surface area contributed by atoms with E-state index < -0.39 is 0 Å². The molecule has 1 saturated carbocycles. The summed E-state index contributed by atoms with van der Waals surface area (Å²) in [5, 5.41) is 15.0. The van der Waals surface area contributed by atoms with Gasteiger partial charge in [-0.05, 0) is 25.7 Å². The van der Waals surface area contributed by atoms with E-state index in [-0.39, 0.29) is 24.0 Å². The molecule has 1 aliphatic rings. The molecule has 0 aliphatic heterocycles. The van der Waals surface area contributed by atoms with Gasteiger partial charge in [0.25, 0.3) is 0 Å². The van der Waals surface area contributed by atoms with Gasteiger partial charge in [0.1, 0.15) is 12.2 Å². The van der Waals surface area contributed by atoms with Crippen molar-refractivity contribution < 1.29 is 0 Å². The molecule has 144 valence electrons. The molecule has 0 radical (unpaired) electrons. The molecule has 7 heteroatoms. The van der Waals surface area contributed by atoms with Crippen molar-refractivity contribution in [2.24, 2.45) is 10.9 Å². The van der Waals surface area contributed by atoms with Gasteiger partial charge < -0.3 is 15.2 Å². The van der Waals surface area contributed by atoms with Gasteiger partial charge in [-0.25, -0.2) is 0 Å². The molecule has 0 aromatic carbocycles. The smallest absolute Gasteiger partial charge is 0.191 e. The third-order valence-corrected chi connectivity index (χ3v) is 5.00. The van der Waals surface area contributed by atoms with Crippen LogP contribution in [0.1, 0.15) is 64.6 Å². The summed E-state index contributed by atoms with van der Waals surface area (Å²) in [5.41, 5.74) is 0. The number of nitrogens with one attached hydrogen (secondary N) is 2. The number of aliphatic imine (C=N–C) groups is 1. The number of hydrogen-bond donors (Lipinski definition) is 2. The Morgan fingerprint density at radius 3 is 2.80 bits per heavy atom. The Morgan fingerprint density at radius 2 is 2.12 bits per heavy atom. The molecule has 0 amide bonds. The summed E-state index contributed by atoms with van der Waals surface area (Å²) in [7, 11) is 1.83. The molecule has 2 N–H and O–H groups in total. The summed E-state index contributed by atoms with van der Waals surface area (Å²) in [5.74, 6) is 2.86. The van der Waals surface area contributed by atoms with E-state index in [4.69, 9.17) is 0 Å². The molecule has 1 aliphatic carbocycles. The normalized spacial score (nSPS) is 17.0. The first kappa shape index (κ1) is 22.2. The van der Waals surface area contributed by atoms with Crippen LogP contribution in [0.3, 0.4) is 0 Å². The molecule has 1 heterocycles. The highest BCUT2D eigenvalue weighted by Gasteiger charge is 2.15. The Morgan fingerprint density at radius 1 is 1.36 bits per heavy atom. The lowest BCUT2D eigenvalue weighted by Crippen LogP contribution is -2.43. The molecule has 2 rings (SSSR count). The summed E-state index contributed by atoms with van der Waals surface area (Å²) < 4.78 is 2.09. The Balaban J connectivity index is 0.00000312. The van der Waals surface area contributed by atoms with E-state index in [1.165, 1.54) is 44.9 Å². The fourth-order valence-corrected chi connectivity index (χ4v) is 3.50. The largest absolute Gasteiger partial charge is 0.355 e. The predicted molar refractivity (Wildman–Crippen MR) is 115 cm³/mol. The van der Waals surface area contributed by atoms with Gasteiger partial charge in [0.05, 0.1) is 0 Å². The lowest BCUT2D eigenvalue weighted by atomic mass is 9.85. The number of halogens is 1. The minimum atomic E-state index is 0. The van der Waals surface area contributed by atoms with E-state index in [2.05, 4.69) is 44.2 Å². The fourth-order valence-electron chi connectivity index (χ4n) is 3.50. The van der Waals surface area contributed by atoms with E-state index in [0.29, 0.717) is 6.04 Å². The second-order valence-electron chi connectivity index (χ2n) is 6.92. The van der Waals surface area contributed by atoms with Crippen LogP contribution in [0.4, 0.5) is 0 Å². The number of rotatable bonds is 8. The van der Waals surface area contributed by atoms with Crippen molar-refractivity contribution in [2.45, 2.75) is 77.8 Å². The van der Waals surface area contributed by atoms with Crippen LogP contribution in [-0.4, -0.2) is 40.4 Å². The van der Waals surface area contributed by atoms with Crippen molar-refractivity contribution in [2.75, 3.05) is 13.6 Å². The SMILES string of the molecule is CCc1nncn1CCNC(=NC)NC(C)CCC1CCCCC1.I. The molecule has 1 aromatic rings. The number of guanidine groups is 1. The van der Waals surface area contributed by atoms with Gasteiger partial charge in [0, 0.05) is 32.6 Å². The highest BCUT2D eigenvalue weighted by Crippen LogP contribution is 2.27. The van der Waals surface area contributed by atoms with Gasteiger partial charge in [-0.2, -0.15) is 0 Å². The second kappa shape index (κ2) is 12.5. The zero-order valence-corrected chi connectivity index (χ0v) is 18.3. The highest BCUT2D eigenvalue weighted by molar-refractivity contribution is 14.0. The average molecular weight is 462 g/mol. The van der Waals surface area contributed by atoms with E-state index in [9.17, 15) is 0 Å². The van der Waals surface area contributed by atoms with Crippen LogP contribution in [0.15, 0.2) is 11.3 Å². The summed E-state index contributed by atoms with van der Waals surface area (Å²) >= 11 is 0. The van der Waals surface area contributed by atoms with Crippen LogP contribution in [0.5, 0.6) is 0 Å². The number of nitrogens with zero attached hydrogens (tertiary/aromatic N) is 4. The quantitative estimate of drug-likeness (QED) is 0.353. The maximum absolute atomic E-state index is 4.34. The maximum atomic E-state index is 4.34. The molecule has 1 fully saturated rings. The van der Waals surface area contributed by atoms with Crippen molar-refractivity contribution in [1.29, 1.82) is 0 Å². The van der Waals surface area contributed by atoms with Crippen molar-refractivity contribution >= 4 is 29.9 Å². The monoisotopic (exact) mass is 462 g/mol.